The molecule has 0 spiro atoms. The molecule has 4 rings (SSSR count). The van der Waals surface area contributed by atoms with Crippen molar-refractivity contribution in [3.05, 3.63) is 83.2 Å². The van der Waals surface area contributed by atoms with Crippen LogP contribution in [-0.4, -0.2) is 25.8 Å². The number of rotatable bonds is 5. The normalized spacial score (nSPS) is 11.9. The van der Waals surface area contributed by atoms with Crippen molar-refractivity contribution in [1.29, 1.82) is 0 Å². The highest BCUT2D eigenvalue weighted by molar-refractivity contribution is 6.03. The number of fused-ring (bicyclic) bond motifs is 1. The Morgan fingerprint density at radius 2 is 1.84 bits per heavy atom. The molecule has 0 aliphatic heterocycles. The molecule has 0 saturated heterocycles. The van der Waals surface area contributed by atoms with Gasteiger partial charge < -0.3 is 5.11 Å². The summed E-state index contributed by atoms with van der Waals surface area (Å²) in [6.07, 6.45) is -1.00. The lowest BCUT2D eigenvalue weighted by molar-refractivity contribution is 0.0698. The van der Waals surface area contributed by atoms with E-state index in [0.29, 0.717) is 27.7 Å². The second-order valence-corrected chi connectivity index (χ2v) is 7.24. The highest BCUT2D eigenvalue weighted by Gasteiger charge is 2.20. The van der Waals surface area contributed by atoms with E-state index in [0.717, 1.165) is 5.56 Å². The molecule has 2 aromatic carbocycles. The molecule has 160 valence electrons. The molecule has 4 aromatic rings. The minimum absolute atomic E-state index is 0.149. The molecule has 0 amide bonds. The van der Waals surface area contributed by atoms with Crippen molar-refractivity contribution in [2.24, 2.45) is 0 Å². The van der Waals surface area contributed by atoms with Gasteiger partial charge in [0.1, 0.15) is 5.69 Å². The van der Waals surface area contributed by atoms with Crippen LogP contribution in [0.4, 0.5) is 8.78 Å². The first-order valence-corrected chi connectivity index (χ1v) is 9.92. The fourth-order valence-electron chi connectivity index (χ4n) is 3.68. The van der Waals surface area contributed by atoms with Crippen molar-refractivity contribution in [3.63, 3.8) is 0 Å². The van der Waals surface area contributed by atoms with E-state index in [1.54, 1.807) is 54.2 Å². The SMILES string of the molecule is CC#Cc1ccc(C(=O)O)c2c1cnn2C(C)c1ccc(-c2cccc(C(F)F)n2)cc1. The van der Waals surface area contributed by atoms with Gasteiger partial charge in [-0.25, -0.2) is 18.6 Å². The molecule has 1 atom stereocenters. The van der Waals surface area contributed by atoms with E-state index in [9.17, 15) is 18.7 Å². The molecule has 2 aromatic heterocycles. The second kappa shape index (κ2) is 8.60. The van der Waals surface area contributed by atoms with Crippen molar-refractivity contribution < 1.29 is 18.7 Å². The molecule has 0 aliphatic rings. The van der Waals surface area contributed by atoms with Gasteiger partial charge >= 0.3 is 5.97 Å². The minimum atomic E-state index is -2.63. The van der Waals surface area contributed by atoms with Gasteiger partial charge in [0.05, 0.1) is 29.0 Å². The number of halogens is 2. The molecule has 1 unspecified atom stereocenters. The second-order valence-electron chi connectivity index (χ2n) is 7.24. The Hall–Kier alpha value is -4.05. The number of carboxylic acids is 1. The van der Waals surface area contributed by atoms with E-state index >= 15 is 0 Å². The van der Waals surface area contributed by atoms with Crippen LogP contribution in [0.15, 0.2) is 60.8 Å². The molecule has 0 fully saturated rings. The van der Waals surface area contributed by atoms with Crippen LogP contribution in [0.3, 0.4) is 0 Å². The Morgan fingerprint density at radius 1 is 1.09 bits per heavy atom. The number of benzene rings is 2. The summed E-state index contributed by atoms with van der Waals surface area (Å²) >= 11 is 0. The molecule has 0 saturated carbocycles. The number of alkyl halides is 2. The predicted octanol–water partition coefficient (Wildman–Crippen LogP) is 5.71. The van der Waals surface area contributed by atoms with Gasteiger partial charge in [-0.15, -0.1) is 5.92 Å². The molecule has 0 radical (unpaired) electrons. The molecule has 0 aliphatic carbocycles. The smallest absolute Gasteiger partial charge is 0.337 e. The van der Waals surface area contributed by atoms with Crippen LogP contribution >= 0.6 is 0 Å². The Balaban J connectivity index is 1.74. The molecular formula is C25H19F2N3O2. The van der Waals surface area contributed by atoms with Gasteiger partial charge in [0.15, 0.2) is 0 Å². The highest BCUT2D eigenvalue weighted by Crippen LogP contribution is 2.29. The molecule has 32 heavy (non-hydrogen) atoms. The van der Waals surface area contributed by atoms with E-state index in [1.807, 2.05) is 19.1 Å². The van der Waals surface area contributed by atoms with Crippen LogP contribution in [0.1, 0.15) is 53.5 Å². The van der Waals surface area contributed by atoms with Crippen molar-refractivity contribution in [1.82, 2.24) is 14.8 Å². The molecule has 1 N–H and O–H groups in total. The van der Waals surface area contributed by atoms with Gasteiger partial charge in [-0.05, 0) is 43.7 Å². The van der Waals surface area contributed by atoms with E-state index in [1.165, 1.54) is 6.07 Å². The average molecular weight is 431 g/mol. The first kappa shape index (κ1) is 21.2. The summed E-state index contributed by atoms with van der Waals surface area (Å²) in [6, 6.07) is 14.8. The number of nitrogens with zero attached hydrogens (tertiary/aromatic N) is 3. The van der Waals surface area contributed by atoms with E-state index < -0.39 is 12.4 Å². The fourth-order valence-corrected chi connectivity index (χ4v) is 3.68. The Kier molecular flexibility index (Phi) is 5.69. The van der Waals surface area contributed by atoms with Crippen LogP contribution in [0.2, 0.25) is 0 Å². The summed E-state index contributed by atoms with van der Waals surface area (Å²) in [5.74, 6) is 4.79. The highest BCUT2D eigenvalue weighted by atomic mass is 19.3. The summed E-state index contributed by atoms with van der Waals surface area (Å²) in [4.78, 5) is 15.9. The van der Waals surface area contributed by atoms with E-state index in [-0.39, 0.29) is 17.3 Å². The maximum atomic E-state index is 13.0. The average Bonchev–Trinajstić information content (AvgIpc) is 3.24. The quantitative estimate of drug-likeness (QED) is 0.411. The number of hydrogen-bond donors (Lipinski definition) is 1. The van der Waals surface area contributed by atoms with Crippen LogP contribution < -0.4 is 0 Å². The largest absolute Gasteiger partial charge is 0.478 e. The first-order chi connectivity index (χ1) is 15.4. The summed E-state index contributed by atoms with van der Waals surface area (Å²) < 4.78 is 27.6. The number of aromatic carboxylic acids is 1. The predicted molar refractivity (Wildman–Crippen MR) is 118 cm³/mol. The summed E-state index contributed by atoms with van der Waals surface area (Å²) in [5.41, 5.74) is 3.15. The molecule has 2 heterocycles. The zero-order valence-corrected chi connectivity index (χ0v) is 17.4. The number of hydrogen-bond acceptors (Lipinski definition) is 3. The summed E-state index contributed by atoms with van der Waals surface area (Å²) in [6.45, 7) is 3.64. The van der Waals surface area contributed by atoms with Crippen molar-refractivity contribution in [2.75, 3.05) is 0 Å². The Morgan fingerprint density at radius 3 is 2.50 bits per heavy atom. The topological polar surface area (TPSA) is 68.0 Å². The van der Waals surface area contributed by atoms with Crippen LogP contribution in [0.25, 0.3) is 22.2 Å². The van der Waals surface area contributed by atoms with E-state index in [2.05, 4.69) is 21.9 Å². The third-order valence-electron chi connectivity index (χ3n) is 5.30. The van der Waals surface area contributed by atoms with Crippen molar-refractivity contribution in [3.8, 4) is 23.1 Å². The van der Waals surface area contributed by atoms with Crippen LogP contribution in [0.5, 0.6) is 0 Å². The van der Waals surface area contributed by atoms with Gasteiger partial charge in [-0.1, -0.05) is 36.3 Å². The number of carboxylic acid groups (broad SMARTS) is 1. The number of pyridine rings is 1. The lowest BCUT2D eigenvalue weighted by Crippen LogP contribution is -2.11. The van der Waals surface area contributed by atoms with Crippen molar-refractivity contribution in [2.45, 2.75) is 26.3 Å². The lowest BCUT2D eigenvalue weighted by atomic mass is 10.0. The summed E-state index contributed by atoms with van der Waals surface area (Å²) in [5, 5.41) is 14.8. The fraction of sp³-hybridized carbons (Fsp3) is 0.160. The third-order valence-corrected chi connectivity index (χ3v) is 5.30. The van der Waals surface area contributed by atoms with Gasteiger partial charge in [0, 0.05) is 16.5 Å². The number of carbonyl (C=O) groups is 1. The lowest BCUT2D eigenvalue weighted by Gasteiger charge is -2.16. The minimum Gasteiger partial charge on any atom is -0.478 e. The molecular weight excluding hydrogens is 412 g/mol. The Labute approximate surface area is 183 Å². The standard InChI is InChI=1S/C25H19F2N3O2/c1-3-5-17-12-13-19(25(31)32)23-20(17)14-28-30(23)15(2)16-8-10-18(11-9-16)21-6-4-7-22(29-21)24(26)27/h4,6-15,24H,1-2H3,(H,31,32). The van der Waals surface area contributed by atoms with Crippen LogP contribution in [-0.2, 0) is 0 Å². The van der Waals surface area contributed by atoms with Gasteiger partial charge in [0.2, 0.25) is 0 Å². The maximum Gasteiger partial charge on any atom is 0.337 e. The zero-order chi connectivity index (χ0) is 22.8. The monoisotopic (exact) mass is 431 g/mol. The van der Waals surface area contributed by atoms with Gasteiger partial charge in [-0.3, -0.25) is 4.68 Å². The van der Waals surface area contributed by atoms with Gasteiger partial charge in [0.25, 0.3) is 6.43 Å². The number of aromatic nitrogens is 3. The Bertz CT molecular complexity index is 1370. The zero-order valence-electron chi connectivity index (χ0n) is 17.4. The molecule has 0 bridgehead atoms. The maximum absolute atomic E-state index is 13.0. The molecule has 5 nitrogen and oxygen atoms in total. The third kappa shape index (κ3) is 3.83. The van der Waals surface area contributed by atoms with Gasteiger partial charge in [-0.2, -0.15) is 5.10 Å². The van der Waals surface area contributed by atoms with Crippen molar-refractivity contribution >= 4 is 16.9 Å². The van der Waals surface area contributed by atoms with E-state index in [4.69, 9.17) is 0 Å². The first-order valence-electron chi connectivity index (χ1n) is 9.92. The summed E-state index contributed by atoms with van der Waals surface area (Å²) in [7, 11) is 0. The van der Waals surface area contributed by atoms with Crippen LogP contribution in [0, 0.1) is 11.8 Å². The molecule has 7 heteroatoms.